The Hall–Kier alpha value is -3.42. The second-order valence-corrected chi connectivity index (χ2v) is 8.75. The molecule has 2 aliphatic heterocycles. The topological polar surface area (TPSA) is 123 Å². The van der Waals surface area contributed by atoms with Crippen LogP contribution in [-0.2, 0) is 24.5 Å². The third-order valence-corrected chi connectivity index (χ3v) is 6.47. The summed E-state index contributed by atoms with van der Waals surface area (Å²) in [5, 5.41) is 14.5. The van der Waals surface area contributed by atoms with Crippen molar-refractivity contribution in [3.05, 3.63) is 63.3 Å². The maximum atomic E-state index is 14.3. The number of benzene rings is 1. The summed E-state index contributed by atoms with van der Waals surface area (Å²) in [5.74, 6) is -2.58. The molecule has 0 radical (unpaired) electrons. The van der Waals surface area contributed by atoms with E-state index in [9.17, 15) is 18.4 Å². The molecule has 13 heteroatoms. The summed E-state index contributed by atoms with van der Waals surface area (Å²) in [6.07, 6.45) is -0.816. The molecular weight excluding hydrogens is 486 g/mol. The molecule has 4 rings (SSSR count). The van der Waals surface area contributed by atoms with E-state index in [1.807, 2.05) is 0 Å². The fraction of sp³-hybridized carbons (Fsp3) is 0.364. The van der Waals surface area contributed by atoms with Gasteiger partial charge in [-0.2, -0.15) is 0 Å². The summed E-state index contributed by atoms with van der Waals surface area (Å²) in [6.45, 7) is 2.23. The van der Waals surface area contributed by atoms with E-state index in [-0.39, 0.29) is 24.3 Å². The highest BCUT2D eigenvalue weighted by Gasteiger charge is 2.43. The molecular formula is C22H22F2N4O6S. The maximum Gasteiger partial charge on any atom is 0.507 e. The van der Waals surface area contributed by atoms with Gasteiger partial charge >= 0.3 is 12.1 Å². The zero-order valence-electron chi connectivity index (χ0n) is 18.8. The number of methoxy groups -OCH3 is 1. The number of carbonyl (C=O) groups excluding carboxylic acids is 1. The average molecular weight is 509 g/mol. The van der Waals surface area contributed by atoms with Gasteiger partial charge in [0.05, 0.1) is 25.9 Å². The first-order valence-electron chi connectivity index (χ1n) is 10.5. The van der Waals surface area contributed by atoms with Crippen molar-refractivity contribution in [3.63, 3.8) is 0 Å². The van der Waals surface area contributed by atoms with Crippen molar-refractivity contribution in [2.45, 2.75) is 18.7 Å². The summed E-state index contributed by atoms with van der Waals surface area (Å²) in [5.41, 5.74) is -0.902. The van der Waals surface area contributed by atoms with Crippen LogP contribution in [0.5, 0.6) is 0 Å². The first kappa shape index (κ1) is 24.7. The highest BCUT2D eigenvalue weighted by Crippen LogP contribution is 2.39. The summed E-state index contributed by atoms with van der Waals surface area (Å²) < 4.78 is 43.3. The zero-order valence-corrected chi connectivity index (χ0v) is 19.6. The van der Waals surface area contributed by atoms with Crippen molar-refractivity contribution in [1.29, 1.82) is 0 Å². The van der Waals surface area contributed by atoms with Crippen LogP contribution in [-0.4, -0.2) is 72.6 Å². The number of aliphatic imine (C=N–C) groups is 1. The molecule has 0 amide bonds. The number of carbonyl (C=O) groups is 2. The number of rotatable bonds is 6. The number of ether oxygens (including phenoxy) is 3. The molecule has 1 fully saturated rings. The van der Waals surface area contributed by atoms with Crippen LogP contribution < -0.4 is 5.32 Å². The SMILES string of the molecule is COC(=O)C1=C(CN2CCOCC2OC(=O)O)NC(c2nccs2)=NC1(C)c1ccc(F)c(F)c1. The molecule has 2 unspecified atom stereocenters. The van der Waals surface area contributed by atoms with Crippen LogP contribution in [0, 0.1) is 11.6 Å². The van der Waals surface area contributed by atoms with E-state index in [4.69, 9.17) is 24.3 Å². The van der Waals surface area contributed by atoms with Gasteiger partial charge in [-0.1, -0.05) is 6.07 Å². The molecule has 0 aliphatic carbocycles. The van der Waals surface area contributed by atoms with Crippen LogP contribution in [0.1, 0.15) is 17.5 Å². The molecule has 35 heavy (non-hydrogen) atoms. The van der Waals surface area contributed by atoms with E-state index in [1.165, 1.54) is 24.5 Å². The van der Waals surface area contributed by atoms with Gasteiger partial charge in [0.2, 0.25) is 0 Å². The lowest BCUT2D eigenvalue weighted by atomic mass is 9.82. The zero-order chi connectivity index (χ0) is 25.2. The van der Waals surface area contributed by atoms with E-state index < -0.39 is 35.5 Å². The number of thiazole rings is 1. The highest BCUT2D eigenvalue weighted by molar-refractivity contribution is 7.11. The predicted octanol–water partition coefficient (Wildman–Crippen LogP) is 2.47. The molecule has 0 bridgehead atoms. The van der Waals surface area contributed by atoms with Gasteiger partial charge in [0.1, 0.15) is 5.54 Å². The molecule has 0 saturated carbocycles. The predicted molar refractivity (Wildman–Crippen MR) is 120 cm³/mol. The average Bonchev–Trinajstić information content (AvgIpc) is 3.36. The molecule has 1 aromatic carbocycles. The van der Waals surface area contributed by atoms with Crippen molar-refractivity contribution < 1.29 is 37.7 Å². The quantitative estimate of drug-likeness (QED) is 0.567. The fourth-order valence-corrected chi connectivity index (χ4v) is 4.60. The van der Waals surface area contributed by atoms with Crippen LogP contribution in [0.2, 0.25) is 0 Å². The van der Waals surface area contributed by atoms with E-state index in [0.29, 0.717) is 29.7 Å². The Balaban J connectivity index is 1.85. The largest absolute Gasteiger partial charge is 0.507 e. The number of carboxylic acid groups (broad SMARTS) is 1. The van der Waals surface area contributed by atoms with Crippen LogP contribution in [0.4, 0.5) is 13.6 Å². The lowest BCUT2D eigenvalue weighted by Gasteiger charge is -2.39. The molecule has 10 nitrogen and oxygen atoms in total. The number of nitrogens with one attached hydrogen (secondary N) is 1. The molecule has 186 valence electrons. The molecule has 2 aromatic rings. The summed E-state index contributed by atoms with van der Waals surface area (Å²) in [4.78, 5) is 34.9. The Bertz CT molecular complexity index is 1190. The van der Waals surface area contributed by atoms with E-state index >= 15 is 0 Å². The lowest BCUT2D eigenvalue weighted by molar-refractivity contribution is -0.137. The number of hydrogen-bond acceptors (Lipinski definition) is 10. The Morgan fingerprint density at radius 3 is 2.83 bits per heavy atom. The van der Waals surface area contributed by atoms with Gasteiger partial charge < -0.3 is 24.6 Å². The number of aromatic nitrogens is 1. The Morgan fingerprint density at radius 2 is 2.17 bits per heavy atom. The molecule has 1 saturated heterocycles. The summed E-state index contributed by atoms with van der Waals surface area (Å²) in [7, 11) is 1.20. The standard InChI is InChI=1S/C22H22F2N4O6S/c1-22(12-3-4-13(23)14(24)9-12)17(20(29)32-2)15(26-18(27-22)19-25-5-8-35-19)10-28-6-7-33-11-16(28)34-21(30)31/h3-5,8-9,16H,6-7,10-11H2,1-2H3,(H,26,27)(H,30,31). The van der Waals surface area contributed by atoms with Crippen molar-refractivity contribution in [3.8, 4) is 0 Å². The Kier molecular flexibility index (Phi) is 7.10. The monoisotopic (exact) mass is 508 g/mol. The number of morpholine rings is 1. The first-order chi connectivity index (χ1) is 16.7. The van der Waals surface area contributed by atoms with Gasteiger partial charge in [0, 0.05) is 30.4 Å². The van der Waals surface area contributed by atoms with Crippen molar-refractivity contribution in [2.24, 2.45) is 4.99 Å². The molecule has 1 aromatic heterocycles. The van der Waals surface area contributed by atoms with Crippen LogP contribution in [0.3, 0.4) is 0 Å². The summed E-state index contributed by atoms with van der Waals surface area (Å²) in [6, 6.07) is 3.29. The number of esters is 1. The van der Waals surface area contributed by atoms with Gasteiger partial charge in [-0.05, 0) is 24.6 Å². The second kappa shape index (κ2) is 10.1. The number of hydrogen-bond donors (Lipinski definition) is 2. The van der Waals surface area contributed by atoms with Crippen LogP contribution >= 0.6 is 11.3 Å². The molecule has 3 heterocycles. The minimum atomic E-state index is -1.49. The maximum absolute atomic E-state index is 14.3. The van der Waals surface area contributed by atoms with Crippen molar-refractivity contribution >= 4 is 29.3 Å². The smallest absolute Gasteiger partial charge is 0.466 e. The third kappa shape index (κ3) is 5.01. The second-order valence-electron chi connectivity index (χ2n) is 7.85. The van der Waals surface area contributed by atoms with E-state index in [2.05, 4.69) is 10.3 Å². The van der Waals surface area contributed by atoms with Crippen LogP contribution in [0.15, 0.2) is 46.0 Å². The molecule has 0 spiro atoms. The molecule has 2 N–H and O–H groups in total. The van der Waals surface area contributed by atoms with E-state index in [1.54, 1.807) is 23.4 Å². The molecule has 2 aliphatic rings. The Labute approximate surface area is 202 Å². The summed E-state index contributed by atoms with van der Waals surface area (Å²) >= 11 is 1.29. The first-order valence-corrected chi connectivity index (χ1v) is 11.4. The van der Waals surface area contributed by atoms with Gasteiger partial charge in [0.15, 0.2) is 28.7 Å². The highest BCUT2D eigenvalue weighted by atomic mass is 32.1. The van der Waals surface area contributed by atoms with Gasteiger partial charge in [0.25, 0.3) is 0 Å². The van der Waals surface area contributed by atoms with Crippen molar-refractivity contribution in [1.82, 2.24) is 15.2 Å². The number of amidine groups is 1. The fourth-order valence-electron chi connectivity index (χ4n) is 4.02. The van der Waals surface area contributed by atoms with E-state index in [0.717, 1.165) is 12.1 Å². The Morgan fingerprint density at radius 1 is 1.37 bits per heavy atom. The minimum Gasteiger partial charge on any atom is -0.466 e. The minimum absolute atomic E-state index is 0.000997. The van der Waals surface area contributed by atoms with Gasteiger partial charge in [-0.3, -0.25) is 4.90 Å². The molecule has 2 atom stereocenters. The van der Waals surface area contributed by atoms with Gasteiger partial charge in [-0.25, -0.2) is 28.3 Å². The lowest BCUT2D eigenvalue weighted by Crippen LogP contribution is -2.51. The van der Waals surface area contributed by atoms with Crippen LogP contribution in [0.25, 0.3) is 0 Å². The van der Waals surface area contributed by atoms with Gasteiger partial charge in [-0.15, -0.1) is 11.3 Å². The number of nitrogens with zero attached hydrogens (tertiary/aromatic N) is 3. The van der Waals surface area contributed by atoms with Crippen molar-refractivity contribution in [2.75, 3.05) is 33.4 Å². The third-order valence-electron chi connectivity index (χ3n) is 5.69. The normalized spacial score (nSPS) is 22.9. The number of halogens is 2.